The van der Waals surface area contributed by atoms with Crippen LogP contribution in [0.3, 0.4) is 0 Å². The molecule has 2 aromatic rings. The fourth-order valence-corrected chi connectivity index (χ4v) is 1.65. The van der Waals surface area contributed by atoms with E-state index < -0.39 is 0 Å². The summed E-state index contributed by atoms with van der Waals surface area (Å²) in [5, 5.41) is 2.99. The minimum Gasteiger partial charge on any atom is -0.373 e. The number of nitrogens with one attached hydrogen (secondary N) is 1. The molecule has 1 N–H and O–H groups in total. The quantitative estimate of drug-likeness (QED) is 0.868. The van der Waals surface area contributed by atoms with Crippen molar-refractivity contribution in [3.63, 3.8) is 0 Å². The number of halogens is 1. The highest BCUT2D eigenvalue weighted by Gasteiger charge is 2.03. The molecule has 2 rings (SSSR count). The van der Waals surface area contributed by atoms with Gasteiger partial charge in [0, 0.05) is 24.4 Å². The van der Waals surface area contributed by atoms with Crippen molar-refractivity contribution < 1.29 is 4.39 Å². The third-order valence-electron chi connectivity index (χ3n) is 2.55. The molecular formula is C14H13FN2. The average Bonchev–Trinajstić information content (AvgIpc) is 2.39. The van der Waals surface area contributed by atoms with Crippen LogP contribution in [0.15, 0.2) is 43.1 Å². The zero-order valence-corrected chi connectivity index (χ0v) is 9.57. The summed E-state index contributed by atoms with van der Waals surface area (Å²) in [5.74, 6) is 0.545. The van der Waals surface area contributed by atoms with Crippen LogP contribution in [0.4, 0.5) is 10.2 Å². The molecule has 0 aliphatic rings. The minimum absolute atomic E-state index is 0.238. The first-order chi connectivity index (χ1) is 8.24. The van der Waals surface area contributed by atoms with Gasteiger partial charge in [0.05, 0.1) is 0 Å². The normalized spacial score (nSPS) is 10.0. The summed E-state index contributed by atoms with van der Waals surface area (Å²) in [4.78, 5) is 4.29. The van der Waals surface area contributed by atoms with E-state index in [9.17, 15) is 4.39 Å². The summed E-state index contributed by atoms with van der Waals surface area (Å²) in [5.41, 5.74) is 2.80. The maximum Gasteiger partial charge on any atom is 0.132 e. The van der Waals surface area contributed by atoms with Gasteiger partial charge in [-0.1, -0.05) is 24.8 Å². The average molecular weight is 228 g/mol. The molecule has 0 bridgehead atoms. The number of aromatic nitrogens is 1. The van der Waals surface area contributed by atoms with Crippen molar-refractivity contribution in [2.75, 3.05) is 12.4 Å². The Balaban J connectivity index is 2.46. The van der Waals surface area contributed by atoms with Gasteiger partial charge in [-0.05, 0) is 23.8 Å². The topological polar surface area (TPSA) is 24.9 Å². The van der Waals surface area contributed by atoms with Gasteiger partial charge < -0.3 is 5.32 Å². The lowest BCUT2D eigenvalue weighted by Crippen LogP contribution is -1.95. The van der Waals surface area contributed by atoms with Crippen LogP contribution in [0.25, 0.3) is 17.2 Å². The highest BCUT2D eigenvalue weighted by Crippen LogP contribution is 2.23. The van der Waals surface area contributed by atoms with Gasteiger partial charge in [0.15, 0.2) is 0 Å². The molecule has 0 fully saturated rings. The summed E-state index contributed by atoms with van der Waals surface area (Å²) in [6.07, 6.45) is 3.50. The monoisotopic (exact) mass is 228 g/mol. The van der Waals surface area contributed by atoms with Crippen LogP contribution in [0.2, 0.25) is 0 Å². The van der Waals surface area contributed by atoms with Crippen LogP contribution >= 0.6 is 0 Å². The number of hydrogen-bond acceptors (Lipinski definition) is 2. The molecule has 1 aromatic heterocycles. The van der Waals surface area contributed by atoms with E-state index in [4.69, 9.17) is 0 Å². The Morgan fingerprint density at radius 1 is 1.24 bits per heavy atom. The first-order valence-corrected chi connectivity index (χ1v) is 5.31. The van der Waals surface area contributed by atoms with Gasteiger partial charge in [0.1, 0.15) is 11.6 Å². The molecule has 1 aromatic carbocycles. The zero-order valence-electron chi connectivity index (χ0n) is 9.57. The van der Waals surface area contributed by atoms with Crippen LogP contribution in [0, 0.1) is 5.82 Å². The molecule has 0 aliphatic carbocycles. The van der Waals surface area contributed by atoms with Crippen LogP contribution in [-0.2, 0) is 0 Å². The lowest BCUT2D eigenvalue weighted by atomic mass is 10.1. The summed E-state index contributed by atoms with van der Waals surface area (Å²) >= 11 is 0. The number of pyridine rings is 1. The number of benzene rings is 1. The summed E-state index contributed by atoms with van der Waals surface area (Å²) in [6.45, 7) is 3.75. The van der Waals surface area contributed by atoms with Gasteiger partial charge in [-0.2, -0.15) is 0 Å². The van der Waals surface area contributed by atoms with Crippen LogP contribution in [-0.4, -0.2) is 12.0 Å². The van der Waals surface area contributed by atoms with Gasteiger partial charge >= 0.3 is 0 Å². The molecule has 0 saturated heterocycles. The van der Waals surface area contributed by atoms with Crippen LogP contribution in [0.1, 0.15) is 5.56 Å². The largest absolute Gasteiger partial charge is 0.373 e. The second kappa shape index (κ2) is 4.78. The van der Waals surface area contributed by atoms with Crippen LogP contribution in [0.5, 0.6) is 0 Å². The van der Waals surface area contributed by atoms with E-state index in [2.05, 4.69) is 16.9 Å². The van der Waals surface area contributed by atoms with Crippen molar-refractivity contribution in [1.82, 2.24) is 4.98 Å². The van der Waals surface area contributed by atoms with Gasteiger partial charge in [0.2, 0.25) is 0 Å². The number of anilines is 1. The van der Waals surface area contributed by atoms with E-state index in [0.29, 0.717) is 0 Å². The number of hydrogen-bond donors (Lipinski definition) is 1. The van der Waals surface area contributed by atoms with Gasteiger partial charge in [-0.3, -0.25) is 0 Å². The summed E-state index contributed by atoms with van der Waals surface area (Å²) in [6, 6.07) is 8.32. The number of nitrogens with zero attached hydrogens (tertiary/aromatic N) is 1. The second-order valence-electron chi connectivity index (χ2n) is 3.62. The Bertz CT molecular complexity index is 532. The molecule has 0 radical (unpaired) electrons. The first kappa shape index (κ1) is 11.3. The molecular weight excluding hydrogens is 215 g/mol. The first-order valence-electron chi connectivity index (χ1n) is 5.31. The predicted molar refractivity (Wildman–Crippen MR) is 69.3 cm³/mol. The molecule has 0 saturated carbocycles. The van der Waals surface area contributed by atoms with E-state index in [1.165, 1.54) is 12.1 Å². The van der Waals surface area contributed by atoms with E-state index in [0.717, 1.165) is 22.5 Å². The smallest absolute Gasteiger partial charge is 0.132 e. The third kappa shape index (κ3) is 2.33. The Labute approximate surface area is 99.8 Å². The fraction of sp³-hybridized carbons (Fsp3) is 0.0714. The van der Waals surface area contributed by atoms with Crippen molar-refractivity contribution in [1.29, 1.82) is 0 Å². The highest BCUT2D eigenvalue weighted by molar-refractivity contribution is 5.71. The van der Waals surface area contributed by atoms with Crippen molar-refractivity contribution in [2.24, 2.45) is 0 Å². The Morgan fingerprint density at radius 3 is 2.53 bits per heavy atom. The Kier molecular flexibility index (Phi) is 3.19. The minimum atomic E-state index is -0.238. The Morgan fingerprint density at radius 2 is 1.94 bits per heavy atom. The molecule has 0 unspecified atom stereocenters. The maximum atomic E-state index is 12.8. The molecule has 0 spiro atoms. The summed E-state index contributed by atoms with van der Waals surface area (Å²) in [7, 11) is 1.81. The fourth-order valence-electron chi connectivity index (χ4n) is 1.65. The third-order valence-corrected chi connectivity index (χ3v) is 2.55. The molecule has 17 heavy (non-hydrogen) atoms. The lowest BCUT2D eigenvalue weighted by molar-refractivity contribution is 0.628. The standard InChI is InChI=1S/C14H13FN2/c1-3-10-8-12(9-17-14(10)16-2)11-4-6-13(15)7-5-11/h3-9H,1H2,2H3,(H,16,17). The van der Waals surface area contributed by atoms with E-state index in [1.807, 2.05) is 13.1 Å². The molecule has 0 amide bonds. The molecule has 3 heteroatoms. The maximum absolute atomic E-state index is 12.8. The molecule has 86 valence electrons. The summed E-state index contributed by atoms with van der Waals surface area (Å²) < 4.78 is 12.8. The second-order valence-corrected chi connectivity index (χ2v) is 3.62. The van der Waals surface area contributed by atoms with E-state index in [-0.39, 0.29) is 5.82 Å². The van der Waals surface area contributed by atoms with Crippen LogP contribution < -0.4 is 5.32 Å². The Hall–Kier alpha value is -2.16. The van der Waals surface area contributed by atoms with Crippen molar-refractivity contribution in [2.45, 2.75) is 0 Å². The zero-order chi connectivity index (χ0) is 12.3. The lowest BCUT2D eigenvalue weighted by Gasteiger charge is -2.07. The SMILES string of the molecule is C=Cc1cc(-c2ccc(F)cc2)cnc1NC. The van der Waals surface area contributed by atoms with E-state index in [1.54, 1.807) is 24.4 Å². The van der Waals surface area contributed by atoms with Crippen molar-refractivity contribution in [3.05, 3.63) is 54.5 Å². The molecule has 0 aliphatic heterocycles. The van der Waals surface area contributed by atoms with Gasteiger partial charge in [-0.25, -0.2) is 9.37 Å². The predicted octanol–water partition coefficient (Wildman–Crippen LogP) is 3.57. The number of rotatable bonds is 3. The molecule has 0 atom stereocenters. The highest BCUT2D eigenvalue weighted by atomic mass is 19.1. The van der Waals surface area contributed by atoms with Crippen molar-refractivity contribution >= 4 is 11.9 Å². The molecule has 1 heterocycles. The van der Waals surface area contributed by atoms with Gasteiger partial charge in [-0.15, -0.1) is 0 Å². The molecule has 2 nitrogen and oxygen atoms in total. The van der Waals surface area contributed by atoms with Crippen molar-refractivity contribution in [3.8, 4) is 11.1 Å². The van der Waals surface area contributed by atoms with E-state index >= 15 is 0 Å². The van der Waals surface area contributed by atoms with Gasteiger partial charge in [0.25, 0.3) is 0 Å².